The van der Waals surface area contributed by atoms with E-state index in [1.807, 2.05) is 30.3 Å². The molecule has 0 aliphatic carbocycles. The molecule has 7 nitrogen and oxygen atoms in total. The van der Waals surface area contributed by atoms with E-state index in [9.17, 15) is 13.2 Å². The molecule has 0 fully saturated rings. The van der Waals surface area contributed by atoms with E-state index < -0.39 is 16.0 Å². The zero-order chi connectivity index (χ0) is 17.2. The molecule has 1 aromatic heterocycles. The maximum absolute atomic E-state index is 12.3. The number of nitrogens with one attached hydrogen (secondary N) is 2. The zero-order valence-corrected chi connectivity index (χ0v) is 13.1. The summed E-state index contributed by atoms with van der Waals surface area (Å²) in [5.74, 6) is -0.970. The van der Waals surface area contributed by atoms with Crippen LogP contribution in [0.5, 0.6) is 0 Å². The van der Waals surface area contributed by atoms with Crippen LogP contribution in [0, 0.1) is 0 Å². The van der Waals surface area contributed by atoms with E-state index in [-0.39, 0.29) is 16.3 Å². The molecule has 0 saturated carbocycles. The number of benzene rings is 2. The topological polar surface area (TPSA) is 112 Å². The highest BCUT2D eigenvalue weighted by atomic mass is 32.2. The molecule has 0 amide bonds. The fourth-order valence-corrected chi connectivity index (χ4v) is 3.10. The van der Waals surface area contributed by atoms with Crippen molar-refractivity contribution in [2.45, 2.75) is 4.90 Å². The minimum atomic E-state index is -3.85. The minimum Gasteiger partial charge on any atom is -0.478 e. The molecule has 3 rings (SSSR count). The normalized spacial score (nSPS) is 11.2. The van der Waals surface area contributed by atoms with Crippen LogP contribution in [-0.4, -0.2) is 29.7 Å². The fraction of sp³-hybridized carbons (Fsp3) is 0. The van der Waals surface area contributed by atoms with Gasteiger partial charge >= 0.3 is 5.97 Å². The third-order valence-corrected chi connectivity index (χ3v) is 4.68. The summed E-state index contributed by atoms with van der Waals surface area (Å²) in [6, 6.07) is 15.9. The SMILES string of the molecule is O=C(O)c1ccc(S(=O)(=O)Nc2cc(-c3ccccc3)[nH]n2)cc1. The molecule has 2 aromatic carbocycles. The zero-order valence-electron chi connectivity index (χ0n) is 12.3. The fourth-order valence-electron chi connectivity index (χ4n) is 2.11. The van der Waals surface area contributed by atoms with Crippen molar-refractivity contribution in [3.63, 3.8) is 0 Å². The lowest BCUT2D eigenvalue weighted by molar-refractivity contribution is 0.0696. The van der Waals surface area contributed by atoms with E-state index in [1.54, 1.807) is 6.07 Å². The third-order valence-electron chi connectivity index (χ3n) is 3.31. The summed E-state index contributed by atoms with van der Waals surface area (Å²) in [6.07, 6.45) is 0. The first kappa shape index (κ1) is 15.8. The Morgan fingerprint density at radius 1 is 1.04 bits per heavy atom. The number of H-pyrrole nitrogens is 1. The minimum absolute atomic E-state index is 0.0140. The van der Waals surface area contributed by atoms with Gasteiger partial charge in [0, 0.05) is 6.07 Å². The van der Waals surface area contributed by atoms with Crippen molar-refractivity contribution in [2.24, 2.45) is 0 Å². The molecule has 0 atom stereocenters. The number of hydrogen-bond acceptors (Lipinski definition) is 4. The van der Waals surface area contributed by atoms with Gasteiger partial charge in [0.25, 0.3) is 10.0 Å². The molecule has 0 saturated heterocycles. The van der Waals surface area contributed by atoms with Gasteiger partial charge in [0.05, 0.1) is 16.2 Å². The predicted molar refractivity (Wildman–Crippen MR) is 88.2 cm³/mol. The number of carboxylic acid groups (broad SMARTS) is 1. The summed E-state index contributed by atoms with van der Waals surface area (Å²) in [5, 5.41) is 15.6. The largest absolute Gasteiger partial charge is 0.478 e. The van der Waals surface area contributed by atoms with E-state index in [4.69, 9.17) is 5.11 Å². The summed E-state index contributed by atoms with van der Waals surface area (Å²) >= 11 is 0. The lowest BCUT2D eigenvalue weighted by atomic mass is 10.2. The summed E-state index contributed by atoms with van der Waals surface area (Å²) in [4.78, 5) is 10.8. The van der Waals surface area contributed by atoms with Crippen LogP contribution in [0.25, 0.3) is 11.3 Å². The molecular formula is C16H13N3O4S. The number of rotatable bonds is 5. The highest BCUT2D eigenvalue weighted by Crippen LogP contribution is 2.21. The van der Waals surface area contributed by atoms with Crippen molar-refractivity contribution in [3.8, 4) is 11.3 Å². The molecule has 8 heteroatoms. The van der Waals surface area contributed by atoms with Crippen molar-refractivity contribution in [3.05, 3.63) is 66.2 Å². The average molecular weight is 343 g/mol. The molecule has 24 heavy (non-hydrogen) atoms. The Morgan fingerprint density at radius 2 is 1.71 bits per heavy atom. The van der Waals surface area contributed by atoms with Crippen LogP contribution in [-0.2, 0) is 10.0 Å². The monoisotopic (exact) mass is 343 g/mol. The van der Waals surface area contributed by atoms with Gasteiger partial charge in [0.15, 0.2) is 5.82 Å². The molecule has 3 N–H and O–H groups in total. The Kier molecular flexibility index (Phi) is 4.05. The van der Waals surface area contributed by atoms with Gasteiger partial charge in [0.2, 0.25) is 0 Å². The molecule has 3 aromatic rings. The van der Waals surface area contributed by atoms with Crippen LogP contribution >= 0.6 is 0 Å². The van der Waals surface area contributed by atoms with Crippen molar-refractivity contribution >= 4 is 21.8 Å². The highest BCUT2D eigenvalue weighted by molar-refractivity contribution is 7.92. The molecule has 0 radical (unpaired) electrons. The number of nitrogens with zero attached hydrogens (tertiary/aromatic N) is 1. The molecular weight excluding hydrogens is 330 g/mol. The van der Waals surface area contributed by atoms with Gasteiger partial charge in [-0.05, 0) is 29.8 Å². The van der Waals surface area contributed by atoms with Gasteiger partial charge in [-0.1, -0.05) is 30.3 Å². The predicted octanol–water partition coefficient (Wildman–Crippen LogP) is 2.58. The summed E-state index contributed by atoms with van der Waals surface area (Å²) < 4.78 is 27.0. The number of hydrogen-bond donors (Lipinski definition) is 3. The number of carbonyl (C=O) groups is 1. The molecule has 0 bridgehead atoms. The van der Waals surface area contributed by atoms with Crippen LogP contribution in [0.4, 0.5) is 5.82 Å². The van der Waals surface area contributed by atoms with Gasteiger partial charge in [0.1, 0.15) is 0 Å². The Morgan fingerprint density at radius 3 is 2.33 bits per heavy atom. The van der Waals surface area contributed by atoms with E-state index in [1.165, 1.54) is 24.3 Å². The quantitative estimate of drug-likeness (QED) is 0.659. The third kappa shape index (κ3) is 3.28. The van der Waals surface area contributed by atoms with E-state index in [2.05, 4.69) is 14.9 Å². The van der Waals surface area contributed by atoms with Crippen molar-refractivity contribution in [1.82, 2.24) is 10.2 Å². The van der Waals surface area contributed by atoms with E-state index >= 15 is 0 Å². The maximum Gasteiger partial charge on any atom is 0.335 e. The molecule has 0 unspecified atom stereocenters. The number of anilines is 1. The Balaban J connectivity index is 1.82. The number of aromatic carboxylic acids is 1. The Bertz CT molecular complexity index is 964. The van der Waals surface area contributed by atoms with Crippen LogP contribution in [0.3, 0.4) is 0 Å². The van der Waals surface area contributed by atoms with Gasteiger partial charge < -0.3 is 5.11 Å². The molecule has 0 spiro atoms. The summed E-state index contributed by atoms with van der Waals surface area (Å²) in [7, 11) is -3.85. The first-order valence-corrected chi connectivity index (χ1v) is 8.41. The van der Waals surface area contributed by atoms with E-state index in [0.717, 1.165) is 5.56 Å². The van der Waals surface area contributed by atoms with Crippen LogP contribution in [0.15, 0.2) is 65.6 Å². The lowest BCUT2D eigenvalue weighted by Crippen LogP contribution is -2.13. The van der Waals surface area contributed by atoms with Crippen LogP contribution in [0.2, 0.25) is 0 Å². The molecule has 0 aliphatic heterocycles. The second kappa shape index (κ2) is 6.17. The Labute approximate surface area is 138 Å². The first-order chi connectivity index (χ1) is 11.5. The number of aromatic amines is 1. The first-order valence-electron chi connectivity index (χ1n) is 6.93. The molecule has 0 aliphatic rings. The second-order valence-electron chi connectivity index (χ2n) is 4.97. The van der Waals surface area contributed by atoms with E-state index in [0.29, 0.717) is 5.69 Å². The Hall–Kier alpha value is -3.13. The molecule has 122 valence electrons. The van der Waals surface area contributed by atoms with Gasteiger partial charge in [-0.15, -0.1) is 0 Å². The number of carboxylic acids is 1. The standard InChI is InChI=1S/C16H13N3O4S/c20-16(21)12-6-8-13(9-7-12)24(22,23)19-15-10-14(17-18-15)11-4-2-1-3-5-11/h1-10H,(H,20,21)(H2,17,18,19). The second-order valence-corrected chi connectivity index (χ2v) is 6.65. The number of aromatic nitrogens is 2. The smallest absolute Gasteiger partial charge is 0.335 e. The van der Waals surface area contributed by atoms with Gasteiger partial charge in [-0.3, -0.25) is 9.82 Å². The van der Waals surface area contributed by atoms with Crippen molar-refractivity contribution in [1.29, 1.82) is 0 Å². The average Bonchev–Trinajstić information content (AvgIpc) is 3.03. The molecule has 1 heterocycles. The van der Waals surface area contributed by atoms with Gasteiger partial charge in [-0.2, -0.15) is 5.10 Å². The van der Waals surface area contributed by atoms with Crippen LogP contribution < -0.4 is 4.72 Å². The van der Waals surface area contributed by atoms with Crippen molar-refractivity contribution in [2.75, 3.05) is 4.72 Å². The summed E-state index contributed by atoms with van der Waals surface area (Å²) in [6.45, 7) is 0. The summed E-state index contributed by atoms with van der Waals surface area (Å²) in [5.41, 5.74) is 1.57. The number of sulfonamides is 1. The van der Waals surface area contributed by atoms with Crippen molar-refractivity contribution < 1.29 is 18.3 Å². The van der Waals surface area contributed by atoms with Crippen LogP contribution in [0.1, 0.15) is 10.4 Å². The highest BCUT2D eigenvalue weighted by Gasteiger charge is 2.16. The van der Waals surface area contributed by atoms with Gasteiger partial charge in [-0.25, -0.2) is 13.2 Å². The maximum atomic E-state index is 12.3. The lowest BCUT2D eigenvalue weighted by Gasteiger charge is -2.05.